The summed E-state index contributed by atoms with van der Waals surface area (Å²) in [6.07, 6.45) is -0.647. The average Bonchev–Trinajstić information content (AvgIpc) is 2.73. The van der Waals surface area contributed by atoms with Gasteiger partial charge in [0.05, 0.1) is 11.4 Å². The van der Waals surface area contributed by atoms with E-state index in [2.05, 4.69) is 5.32 Å². The third-order valence-corrected chi connectivity index (χ3v) is 7.20. The molecule has 0 radical (unpaired) electrons. The molecule has 10 heteroatoms. The first kappa shape index (κ1) is 25.6. The molecule has 0 aliphatic heterocycles. The SMILES string of the molecule is COC(CNC(=O)CCN(Cc1c(Cl)cccc1Cl)S(=O)(=O)c1ccc(C)cc1)OC. The highest BCUT2D eigenvalue weighted by atomic mass is 35.5. The van der Waals surface area contributed by atoms with Gasteiger partial charge < -0.3 is 14.8 Å². The van der Waals surface area contributed by atoms with E-state index in [9.17, 15) is 13.2 Å². The van der Waals surface area contributed by atoms with Crippen molar-refractivity contribution in [2.24, 2.45) is 0 Å². The standard InChI is InChI=1S/C21H26Cl2N2O5S/c1-15-7-9-16(10-8-15)31(27,28)25(14-17-18(22)5-4-6-19(17)23)12-11-20(26)24-13-21(29-2)30-3/h4-10,21H,11-14H2,1-3H3,(H,24,26). The average molecular weight is 489 g/mol. The van der Waals surface area contributed by atoms with E-state index in [1.54, 1.807) is 30.3 Å². The monoisotopic (exact) mass is 488 g/mol. The lowest BCUT2D eigenvalue weighted by Crippen LogP contribution is -2.38. The Bertz CT molecular complexity index is 960. The Morgan fingerprint density at radius 1 is 1.06 bits per heavy atom. The molecule has 0 fully saturated rings. The van der Waals surface area contributed by atoms with Crippen LogP contribution in [0.3, 0.4) is 0 Å². The number of nitrogens with zero attached hydrogens (tertiary/aromatic N) is 1. The molecule has 7 nitrogen and oxygen atoms in total. The summed E-state index contributed by atoms with van der Waals surface area (Å²) in [5, 5.41) is 3.36. The number of halogens is 2. The molecule has 2 aromatic rings. The second kappa shape index (κ2) is 11.8. The Kier molecular flexibility index (Phi) is 9.74. The van der Waals surface area contributed by atoms with Crippen molar-refractivity contribution in [2.75, 3.05) is 27.3 Å². The van der Waals surface area contributed by atoms with Crippen LogP contribution in [-0.2, 0) is 30.8 Å². The quantitative estimate of drug-likeness (QED) is 0.488. The van der Waals surface area contributed by atoms with Crippen molar-refractivity contribution in [3.05, 3.63) is 63.6 Å². The third kappa shape index (κ3) is 7.17. The van der Waals surface area contributed by atoms with Gasteiger partial charge in [-0.15, -0.1) is 0 Å². The zero-order valence-electron chi connectivity index (χ0n) is 17.6. The van der Waals surface area contributed by atoms with Gasteiger partial charge in [-0.05, 0) is 31.2 Å². The molecule has 0 spiro atoms. The van der Waals surface area contributed by atoms with Crippen LogP contribution in [-0.4, -0.2) is 52.2 Å². The normalized spacial score (nSPS) is 11.8. The molecule has 0 aliphatic carbocycles. The Morgan fingerprint density at radius 2 is 1.65 bits per heavy atom. The van der Waals surface area contributed by atoms with Crippen LogP contribution >= 0.6 is 23.2 Å². The number of ether oxygens (including phenoxy) is 2. The maximum absolute atomic E-state index is 13.3. The van der Waals surface area contributed by atoms with E-state index in [1.807, 2.05) is 6.92 Å². The predicted molar refractivity (Wildman–Crippen MR) is 121 cm³/mol. The molecular weight excluding hydrogens is 463 g/mol. The van der Waals surface area contributed by atoms with E-state index in [4.69, 9.17) is 32.7 Å². The Morgan fingerprint density at radius 3 is 2.19 bits per heavy atom. The van der Waals surface area contributed by atoms with E-state index in [0.717, 1.165) is 5.56 Å². The molecule has 0 unspecified atom stereocenters. The highest BCUT2D eigenvalue weighted by Gasteiger charge is 2.27. The predicted octanol–water partition coefficient (Wildman–Crippen LogP) is 3.62. The minimum atomic E-state index is -3.90. The van der Waals surface area contributed by atoms with E-state index in [0.29, 0.717) is 15.6 Å². The first-order chi connectivity index (χ1) is 14.7. The maximum atomic E-state index is 13.3. The van der Waals surface area contributed by atoms with Crippen LogP contribution in [0.5, 0.6) is 0 Å². The molecule has 0 saturated carbocycles. The topological polar surface area (TPSA) is 84.9 Å². The second-order valence-corrected chi connectivity index (χ2v) is 9.56. The molecule has 1 N–H and O–H groups in total. The Balaban J connectivity index is 2.24. The van der Waals surface area contributed by atoms with Gasteiger partial charge in [0.2, 0.25) is 15.9 Å². The number of hydrogen-bond acceptors (Lipinski definition) is 5. The largest absolute Gasteiger partial charge is 0.354 e. The van der Waals surface area contributed by atoms with Crippen molar-refractivity contribution < 1.29 is 22.7 Å². The lowest BCUT2D eigenvalue weighted by molar-refractivity contribution is -0.127. The zero-order valence-corrected chi connectivity index (χ0v) is 19.9. The van der Waals surface area contributed by atoms with Gasteiger partial charge in [0.25, 0.3) is 0 Å². The highest BCUT2D eigenvalue weighted by molar-refractivity contribution is 7.89. The highest BCUT2D eigenvalue weighted by Crippen LogP contribution is 2.28. The number of hydrogen-bond donors (Lipinski definition) is 1. The van der Waals surface area contributed by atoms with Crippen LogP contribution in [0.1, 0.15) is 17.5 Å². The lowest BCUT2D eigenvalue weighted by atomic mass is 10.2. The first-order valence-corrected chi connectivity index (χ1v) is 11.7. The minimum Gasteiger partial charge on any atom is -0.354 e. The summed E-state index contributed by atoms with van der Waals surface area (Å²) < 4.78 is 37.9. The zero-order chi connectivity index (χ0) is 23.0. The number of carbonyl (C=O) groups is 1. The number of benzene rings is 2. The van der Waals surface area contributed by atoms with Gasteiger partial charge >= 0.3 is 0 Å². The molecule has 1 amide bonds. The summed E-state index contributed by atoms with van der Waals surface area (Å²) in [6.45, 7) is 1.89. The van der Waals surface area contributed by atoms with Gasteiger partial charge in [0.15, 0.2) is 6.29 Å². The van der Waals surface area contributed by atoms with Crippen molar-refractivity contribution in [1.82, 2.24) is 9.62 Å². The van der Waals surface area contributed by atoms with Crippen LogP contribution in [0.2, 0.25) is 10.0 Å². The second-order valence-electron chi connectivity index (χ2n) is 6.81. The van der Waals surface area contributed by atoms with E-state index in [1.165, 1.54) is 30.7 Å². The number of amides is 1. The van der Waals surface area contributed by atoms with Crippen molar-refractivity contribution in [1.29, 1.82) is 0 Å². The minimum absolute atomic E-state index is 0.0613. The van der Waals surface area contributed by atoms with Crippen LogP contribution in [0, 0.1) is 6.92 Å². The molecule has 0 heterocycles. The molecule has 0 bridgehead atoms. The van der Waals surface area contributed by atoms with Gasteiger partial charge in [-0.3, -0.25) is 4.79 Å². The molecule has 0 saturated heterocycles. The third-order valence-electron chi connectivity index (χ3n) is 4.63. The summed E-state index contributed by atoms with van der Waals surface area (Å²) in [4.78, 5) is 12.4. The van der Waals surface area contributed by atoms with Crippen LogP contribution in [0.4, 0.5) is 0 Å². The van der Waals surface area contributed by atoms with Gasteiger partial charge in [-0.2, -0.15) is 4.31 Å². The van der Waals surface area contributed by atoms with E-state index < -0.39 is 16.3 Å². The summed E-state index contributed by atoms with van der Waals surface area (Å²) in [6, 6.07) is 11.5. The van der Waals surface area contributed by atoms with Gasteiger partial charge in [0, 0.05) is 49.3 Å². The van der Waals surface area contributed by atoms with Crippen molar-refractivity contribution in [3.8, 4) is 0 Å². The Hall–Kier alpha value is -1.68. The number of sulfonamides is 1. The van der Waals surface area contributed by atoms with E-state index >= 15 is 0 Å². The smallest absolute Gasteiger partial charge is 0.243 e. The van der Waals surface area contributed by atoms with Gasteiger partial charge in [-0.25, -0.2) is 8.42 Å². The van der Waals surface area contributed by atoms with Crippen LogP contribution < -0.4 is 5.32 Å². The molecule has 0 atom stereocenters. The van der Waals surface area contributed by atoms with Gasteiger partial charge in [-0.1, -0.05) is 47.0 Å². The molecule has 0 aliphatic rings. The lowest BCUT2D eigenvalue weighted by Gasteiger charge is -2.23. The molecule has 0 aromatic heterocycles. The summed E-state index contributed by atoms with van der Waals surface area (Å²) in [5.41, 5.74) is 1.41. The molecule has 31 heavy (non-hydrogen) atoms. The number of rotatable bonds is 11. The van der Waals surface area contributed by atoms with Crippen molar-refractivity contribution in [2.45, 2.75) is 31.1 Å². The van der Waals surface area contributed by atoms with Crippen LogP contribution in [0.25, 0.3) is 0 Å². The van der Waals surface area contributed by atoms with E-state index in [-0.39, 0.29) is 36.9 Å². The Labute approximate surface area is 193 Å². The van der Waals surface area contributed by atoms with Crippen LogP contribution in [0.15, 0.2) is 47.4 Å². The molecule has 2 aromatic carbocycles. The molecule has 2 rings (SSSR count). The molecule has 170 valence electrons. The van der Waals surface area contributed by atoms with Crippen molar-refractivity contribution in [3.63, 3.8) is 0 Å². The number of carbonyl (C=O) groups excluding carboxylic acids is 1. The fourth-order valence-corrected chi connectivity index (χ4v) is 4.70. The maximum Gasteiger partial charge on any atom is 0.243 e. The van der Waals surface area contributed by atoms with Gasteiger partial charge in [0.1, 0.15) is 0 Å². The summed E-state index contributed by atoms with van der Waals surface area (Å²) in [5.74, 6) is -0.339. The number of nitrogens with one attached hydrogen (secondary N) is 1. The molecular formula is C21H26Cl2N2O5S. The summed E-state index contributed by atoms with van der Waals surface area (Å²) >= 11 is 12.5. The number of aryl methyl sites for hydroxylation is 1. The fraction of sp³-hybridized carbons (Fsp3) is 0.381. The fourth-order valence-electron chi connectivity index (χ4n) is 2.78. The van der Waals surface area contributed by atoms with Crippen molar-refractivity contribution >= 4 is 39.1 Å². The first-order valence-electron chi connectivity index (χ1n) is 9.51. The number of methoxy groups -OCH3 is 2. The summed E-state index contributed by atoms with van der Waals surface area (Å²) in [7, 11) is -0.975.